The van der Waals surface area contributed by atoms with Crippen LogP contribution in [-0.4, -0.2) is 0 Å². The summed E-state index contributed by atoms with van der Waals surface area (Å²) in [5.41, 5.74) is 20.8. The highest BCUT2D eigenvalue weighted by Crippen LogP contribution is 2.64. The zero-order chi connectivity index (χ0) is 50.0. The molecule has 1 spiro atoms. The zero-order valence-corrected chi connectivity index (χ0v) is 41.6. The Morgan fingerprint density at radius 2 is 0.592 bits per heavy atom. The number of anilines is 6. The van der Waals surface area contributed by atoms with Gasteiger partial charge in [0.15, 0.2) is 0 Å². The van der Waals surface area contributed by atoms with Crippen LogP contribution in [0.5, 0.6) is 0 Å². The number of hydrogen-bond donors (Lipinski definition) is 0. The van der Waals surface area contributed by atoms with Crippen molar-refractivity contribution < 1.29 is 0 Å². The van der Waals surface area contributed by atoms with E-state index in [1.54, 1.807) is 0 Å². The van der Waals surface area contributed by atoms with Crippen LogP contribution in [0.4, 0.5) is 34.1 Å². The van der Waals surface area contributed by atoms with Crippen molar-refractivity contribution in [3.63, 3.8) is 0 Å². The number of hydrogen-bond acceptors (Lipinski definition) is 2. The Hall–Kier alpha value is -9.76. The minimum Gasteiger partial charge on any atom is -0.310 e. The Balaban J connectivity index is 0.998. The van der Waals surface area contributed by atoms with E-state index in [2.05, 4.69) is 301 Å². The van der Waals surface area contributed by atoms with E-state index < -0.39 is 10.8 Å². The van der Waals surface area contributed by atoms with Gasteiger partial charge in [-0.2, -0.15) is 0 Å². The summed E-state index contributed by atoms with van der Waals surface area (Å²) in [6.07, 6.45) is 0. The van der Waals surface area contributed by atoms with Gasteiger partial charge in [-0.3, -0.25) is 0 Å². The normalized spacial score (nSPS) is 14.0. The lowest BCUT2D eigenvalue weighted by Crippen LogP contribution is -2.36. The summed E-state index contributed by atoms with van der Waals surface area (Å²) in [6.45, 7) is 0. The van der Waals surface area contributed by atoms with Crippen LogP contribution in [0.2, 0.25) is 0 Å². The molecule has 0 amide bonds. The fraction of sp³-hybridized carbons (Fsp3) is 0.0270. The van der Waals surface area contributed by atoms with Crippen LogP contribution in [0.3, 0.4) is 0 Å². The fourth-order valence-corrected chi connectivity index (χ4v) is 14.1. The molecule has 1 aliphatic heterocycles. The summed E-state index contributed by atoms with van der Waals surface area (Å²) in [7, 11) is 0. The van der Waals surface area contributed by atoms with E-state index in [1.807, 2.05) is 0 Å². The lowest BCUT2D eigenvalue weighted by molar-refractivity contribution is 0.752. The lowest BCUT2D eigenvalue weighted by atomic mass is 9.64. The van der Waals surface area contributed by atoms with E-state index in [0.717, 1.165) is 22.7 Å². The third-order valence-electron chi connectivity index (χ3n) is 17.1. The first-order chi connectivity index (χ1) is 37.7. The number of rotatable bonds is 6. The number of benzene rings is 13. The van der Waals surface area contributed by atoms with Crippen LogP contribution >= 0.6 is 0 Å². The summed E-state index contributed by atoms with van der Waals surface area (Å²) in [4.78, 5) is 5.01. The molecule has 2 heteroatoms. The second-order valence-corrected chi connectivity index (χ2v) is 20.6. The first kappa shape index (κ1) is 42.7. The second-order valence-electron chi connectivity index (χ2n) is 20.6. The van der Waals surface area contributed by atoms with Crippen molar-refractivity contribution >= 4 is 66.4 Å². The summed E-state index contributed by atoms with van der Waals surface area (Å²) < 4.78 is 0. The van der Waals surface area contributed by atoms with Crippen LogP contribution < -0.4 is 9.80 Å². The van der Waals surface area contributed by atoms with E-state index in [0.29, 0.717) is 0 Å². The average Bonchev–Trinajstić information content (AvgIpc) is 4.17. The Kier molecular flexibility index (Phi) is 9.20. The van der Waals surface area contributed by atoms with Crippen LogP contribution in [-0.2, 0) is 10.8 Å². The largest absolute Gasteiger partial charge is 0.310 e. The van der Waals surface area contributed by atoms with Gasteiger partial charge in [-0.05, 0) is 160 Å². The van der Waals surface area contributed by atoms with Crippen molar-refractivity contribution in [2.24, 2.45) is 0 Å². The Morgan fingerprint density at radius 1 is 0.237 bits per heavy atom. The molecule has 0 bridgehead atoms. The summed E-state index contributed by atoms with van der Waals surface area (Å²) in [6, 6.07) is 109. The lowest BCUT2D eigenvalue weighted by Gasteiger charge is -2.45. The van der Waals surface area contributed by atoms with Crippen molar-refractivity contribution in [3.05, 3.63) is 336 Å². The molecule has 16 rings (SSSR count). The molecule has 2 nitrogen and oxygen atoms in total. The summed E-state index contributed by atoms with van der Waals surface area (Å²) in [5, 5.41) is 7.52. The van der Waals surface area contributed by atoms with Crippen molar-refractivity contribution in [1.29, 1.82) is 0 Å². The van der Waals surface area contributed by atoms with E-state index in [-0.39, 0.29) is 0 Å². The Morgan fingerprint density at radius 3 is 1.12 bits per heavy atom. The van der Waals surface area contributed by atoms with Gasteiger partial charge in [0.25, 0.3) is 0 Å². The maximum absolute atomic E-state index is 2.54. The van der Waals surface area contributed by atoms with E-state index in [1.165, 1.54) is 110 Å². The first-order valence-electron chi connectivity index (χ1n) is 26.5. The standard InChI is InChI=1S/C74H48N2/c1-4-22-49(23-5-1)73(50-24-6-2-7-25-50)65-34-16-14-32-60(65)62-44-41-53(47-69(62)73)75(52-40-43-59-57-30-11-10-28-55(57)56-29-12-13-31-58(56)64(59)46-52)54-42-45-63-61-33-15-17-35-66(61)74(70(63)48-54)67-36-18-20-38-71(67)76(51-26-8-3-9-27-51)72-39-21-19-37-68(72)74/h1-48H. The second kappa shape index (κ2) is 16.4. The first-order valence-corrected chi connectivity index (χ1v) is 26.5. The van der Waals surface area contributed by atoms with Crippen molar-refractivity contribution in [3.8, 4) is 22.3 Å². The smallest absolute Gasteiger partial charge is 0.0755 e. The molecule has 2 aliphatic carbocycles. The van der Waals surface area contributed by atoms with E-state index in [9.17, 15) is 0 Å². The number of fused-ring (bicyclic) bond motifs is 18. The van der Waals surface area contributed by atoms with Crippen LogP contribution in [0.25, 0.3) is 54.6 Å². The van der Waals surface area contributed by atoms with Crippen LogP contribution in [0, 0.1) is 0 Å². The van der Waals surface area contributed by atoms with Gasteiger partial charge in [0.05, 0.1) is 22.2 Å². The van der Waals surface area contributed by atoms with Gasteiger partial charge < -0.3 is 9.80 Å². The van der Waals surface area contributed by atoms with Gasteiger partial charge in [-0.15, -0.1) is 0 Å². The molecule has 0 N–H and O–H groups in total. The average molecular weight is 965 g/mol. The molecular weight excluding hydrogens is 917 g/mol. The highest BCUT2D eigenvalue weighted by Gasteiger charge is 2.52. The number of para-hydroxylation sites is 3. The third kappa shape index (κ3) is 5.76. The van der Waals surface area contributed by atoms with Crippen LogP contribution in [0.15, 0.2) is 291 Å². The molecule has 13 aromatic rings. The number of nitrogens with zero attached hydrogens (tertiary/aromatic N) is 2. The van der Waals surface area contributed by atoms with Gasteiger partial charge in [0.1, 0.15) is 0 Å². The van der Waals surface area contributed by atoms with Gasteiger partial charge in [-0.1, -0.05) is 231 Å². The monoisotopic (exact) mass is 964 g/mol. The molecule has 0 saturated carbocycles. The minimum atomic E-state index is -0.625. The molecule has 0 radical (unpaired) electrons. The van der Waals surface area contributed by atoms with Crippen molar-refractivity contribution in [2.75, 3.05) is 9.80 Å². The topological polar surface area (TPSA) is 6.48 Å². The van der Waals surface area contributed by atoms with E-state index in [4.69, 9.17) is 0 Å². The summed E-state index contributed by atoms with van der Waals surface area (Å²) in [5.74, 6) is 0. The van der Waals surface area contributed by atoms with Crippen molar-refractivity contribution in [2.45, 2.75) is 10.8 Å². The van der Waals surface area contributed by atoms with Crippen molar-refractivity contribution in [1.82, 2.24) is 0 Å². The summed E-state index contributed by atoms with van der Waals surface area (Å²) >= 11 is 0. The quantitative estimate of drug-likeness (QED) is 0.153. The Labute approximate surface area is 442 Å². The molecule has 0 saturated heterocycles. The predicted molar refractivity (Wildman–Crippen MR) is 316 cm³/mol. The van der Waals surface area contributed by atoms with Gasteiger partial charge in [-0.25, -0.2) is 0 Å². The molecule has 76 heavy (non-hydrogen) atoms. The molecule has 0 fully saturated rings. The van der Waals surface area contributed by atoms with Crippen LogP contribution in [0.1, 0.15) is 44.5 Å². The minimum absolute atomic E-state index is 0.571. The molecule has 0 atom stereocenters. The van der Waals surface area contributed by atoms with Gasteiger partial charge in [0, 0.05) is 22.7 Å². The third-order valence-corrected chi connectivity index (χ3v) is 17.1. The maximum Gasteiger partial charge on any atom is 0.0755 e. The molecule has 0 unspecified atom stereocenters. The molecular formula is C74H48N2. The highest BCUT2D eigenvalue weighted by molar-refractivity contribution is 6.26. The van der Waals surface area contributed by atoms with Gasteiger partial charge >= 0.3 is 0 Å². The van der Waals surface area contributed by atoms with Gasteiger partial charge in [0.2, 0.25) is 0 Å². The zero-order valence-electron chi connectivity index (χ0n) is 41.6. The molecule has 3 aliphatic rings. The fourth-order valence-electron chi connectivity index (χ4n) is 14.1. The molecule has 13 aromatic carbocycles. The molecule has 354 valence electrons. The predicted octanol–water partition coefficient (Wildman–Crippen LogP) is 19.1. The van der Waals surface area contributed by atoms with E-state index >= 15 is 0 Å². The highest BCUT2D eigenvalue weighted by atomic mass is 15.2. The molecule has 0 aromatic heterocycles. The maximum atomic E-state index is 2.54. The SMILES string of the molecule is c1ccc(N2c3ccccc3C3(c4ccccc4-c4ccc(N(c5ccc6c(c5)C(c5ccccc5)(c5ccccc5)c5ccccc5-6)c5ccc6c7ccccc7c7ccccc7c6c5)cc43)c3ccccc32)cc1. The molecule has 1 heterocycles. The Bertz CT molecular complexity index is 4360.